The lowest BCUT2D eigenvalue weighted by atomic mass is 10.2. The number of halogens is 2. The molecule has 0 unspecified atom stereocenters. The van der Waals surface area contributed by atoms with Gasteiger partial charge in [-0.25, -0.2) is 4.79 Å². The number of carbonyl (C=O) groups excluding carboxylic acids is 1. The third kappa shape index (κ3) is 3.91. The van der Waals surface area contributed by atoms with Crippen LogP contribution in [0.3, 0.4) is 0 Å². The molecule has 16 heavy (non-hydrogen) atoms. The second-order valence-corrected chi connectivity index (χ2v) is 4.21. The van der Waals surface area contributed by atoms with E-state index in [1.807, 2.05) is 0 Å². The highest BCUT2D eigenvalue weighted by atomic mass is 35.5. The van der Waals surface area contributed by atoms with Crippen LogP contribution in [-0.2, 0) is 11.3 Å². The summed E-state index contributed by atoms with van der Waals surface area (Å²) in [7, 11) is 1.66. The molecule has 1 rings (SSSR count). The Morgan fingerprint density at radius 1 is 1.31 bits per heavy atom. The molecule has 0 radical (unpaired) electrons. The molecule has 0 saturated heterocycles. The van der Waals surface area contributed by atoms with E-state index in [2.05, 4.69) is 0 Å². The van der Waals surface area contributed by atoms with E-state index in [9.17, 15) is 4.79 Å². The van der Waals surface area contributed by atoms with Crippen molar-refractivity contribution >= 4 is 29.3 Å². The Balaban J connectivity index is 2.69. The van der Waals surface area contributed by atoms with Gasteiger partial charge in [0.05, 0.1) is 6.61 Å². The zero-order valence-electron chi connectivity index (χ0n) is 9.17. The van der Waals surface area contributed by atoms with Crippen LogP contribution < -0.4 is 0 Å². The van der Waals surface area contributed by atoms with E-state index >= 15 is 0 Å². The maximum atomic E-state index is 11.4. The van der Waals surface area contributed by atoms with E-state index in [0.717, 1.165) is 5.56 Å². The lowest BCUT2D eigenvalue weighted by molar-refractivity contribution is 0.114. The maximum absolute atomic E-state index is 11.4. The van der Waals surface area contributed by atoms with Crippen LogP contribution >= 0.6 is 23.2 Å². The summed E-state index contributed by atoms with van der Waals surface area (Å²) < 4.78 is 4.86. The Kier molecular flexibility index (Phi) is 4.90. The van der Waals surface area contributed by atoms with Crippen LogP contribution in [0, 0.1) is 0 Å². The van der Waals surface area contributed by atoms with E-state index in [4.69, 9.17) is 27.9 Å². The van der Waals surface area contributed by atoms with Gasteiger partial charge in [-0.05, 0) is 30.7 Å². The molecule has 0 heterocycles. The van der Waals surface area contributed by atoms with E-state index in [0.29, 0.717) is 23.2 Å². The van der Waals surface area contributed by atoms with Gasteiger partial charge in [0.2, 0.25) is 0 Å². The summed E-state index contributed by atoms with van der Waals surface area (Å²) in [6.45, 7) is 2.54. The molecule has 1 aromatic rings. The number of hydrogen-bond donors (Lipinski definition) is 0. The molecule has 0 bridgehead atoms. The van der Waals surface area contributed by atoms with Crippen molar-refractivity contribution in [2.75, 3.05) is 13.7 Å². The summed E-state index contributed by atoms with van der Waals surface area (Å²) in [6.07, 6.45) is -0.362. The fraction of sp³-hybridized carbons (Fsp3) is 0.364. The van der Waals surface area contributed by atoms with Gasteiger partial charge in [-0.1, -0.05) is 23.2 Å². The molecular formula is C11H13Cl2NO2. The van der Waals surface area contributed by atoms with E-state index in [1.165, 1.54) is 4.90 Å². The third-order valence-corrected chi connectivity index (χ3v) is 2.36. The molecule has 0 N–H and O–H groups in total. The first-order valence-corrected chi connectivity index (χ1v) is 5.61. The van der Waals surface area contributed by atoms with Crippen molar-refractivity contribution in [3.63, 3.8) is 0 Å². The number of benzene rings is 1. The molecule has 0 fully saturated rings. The van der Waals surface area contributed by atoms with Gasteiger partial charge in [0.1, 0.15) is 0 Å². The average molecular weight is 262 g/mol. The van der Waals surface area contributed by atoms with Gasteiger partial charge in [-0.2, -0.15) is 0 Å². The molecule has 0 aliphatic heterocycles. The standard InChI is InChI=1S/C11H13Cl2NO2/c1-3-16-11(15)14(2)7-8-4-9(12)6-10(13)5-8/h4-6H,3,7H2,1-2H3. The molecule has 88 valence electrons. The number of hydrogen-bond acceptors (Lipinski definition) is 2. The Bertz CT molecular complexity index is 362. The van der Waals surface area contributed by atoms with Crippen molar-refractivity contribution in [1.29, 1.82) is 0 Å². The number of nitrogens with zero attached hydrogens (tertiary/aromatic N) is 1. The van der Waals surface area contributed by atoms with Crippen LogP contribution in [0.25, 0.3) is 0 Å². The third-order valence-electron chi connectivity index (χ3n) is 1.92. The van der Waals surface area contributed by atoms with Crippen molar-refractivity contribution in [1.82, 2.24) is 4.90 Å². The summed E-state index contributed by atoms with van der Waals surface area (Å²) >= 11 is 11.7. The van der Waals surface area contributed by atoms with Crippen LogP contribution in [0.15, 0.2) is 18.2 Å². The maximum Gasteiger partial charge on any atom is 0.409 e. The second-order valence-electron chi connectivity index (χ2n) is 3.33. The quantitative estimate of drug-likeness (QED) is 0.833. The van der Waals surface area contributed by atoms with E-state index in [1.54, 1.807) is 32.2 Å². The zero-order chi connectivity index (χ0) is 12.1. The first-order chi connectivity index (χ1) is 7.52. The van der Waals surface area contributed by atoms with Gasteiger partial charge in [0.15, 0.2) is 0 Å². The van der Waals surface area contributed by atoms with Crippen molar-refractivity contribution in [2.24, 2.45) is 0 Å². The lowest BCUT2D eigenvalue weighted by Crippen LogP contribution is -2.26. The van der Waals surface area contributed by atoms with Gasteiger partial charge in [0.25, 0.3) is 0 Å². The predicted octanol–water partition coefficient (Wildman–Crippen LogP) is 3.58. The Morgan fingerprint density at radius 2 is 1.88 bits per heavy atom. The van der Waals surface area contributed by atoms with Crippen molar-refractivity contribution in [3.8, 4) is 0 Å². The van der Waals surface area contributed by atoms with Crippen LogP contribution in [0.2, 0.25) is 10.0 Å². The van der Waals surface area contributed by atoms with E-state index in [-0.39, 0.29) is 6.09 Å². The molecule has 1 amide bonds. The average Bonchev–Trinajstić information content (AvgIpc) is 2.16. The minimum atomic E-state index is -0.362. The molecule has 0 aromatic heterocycles. The zero-order valence-corrected chi connectivity index (χ0v) is 10.7. The van der Waals surface area contributed by atoms with Crippen LogP contribution in [-0.4, -0.2) is 24.6 Å². The van der Waals surface area contributed by atoms with Crippen LogP contribution in [0.4, 0.5) is 4.79 Å². The fourth-order valence-electron chi connectivity index (χ4n) is 1.27. The Morgan fingerprint density at radius 3 is 2.38 bits per heavy atom. The second kappa shape index (κ2) is 5.97. The minimum Gasteiger partial charge on any atom is -0.450 e. The minimum absolute atomic E-state index is 0.361. The molecule has 1 aromatic carbocycles. The summed E-state index contributed by atoms with van der Waals surface area (Å²) in [5.74, 6) is 0. The molecule has 0 aliphatic rings. The normalized spacial score (nSPS) is 10.0. The van der Waals surface area contributed by atoms with Gasteiger partial charge in [-0.3, -0.25) is 0 Å². The van der Waals surface area contributed by atoms with Crippen LogP contribution in [0.5, 0.6) is 0 Å². The molecule has 0 aliphatic carbocycles. The highest BCUT2D eigenvalue weighted by molar-refractivity contribution is 6.34. The van der Waals surface area contributed by atoms with Gasteiger partial charge in [-0.15, -0.1) is 0 Å². The summed E-state index contributed by atoms with van der Waals surface area (Å²) in [5.41, 5.74) is 0.869. The molecular weight excluding hydrogens is 249 g/mol. The van der Waals surface area contributed by atoms with Gasteiger partial charge < -0.3 is 9.64 Å². The fourth-order valence-corrected chi connectivity index (χ4v) is 1.85. The largest absolute Gasteiger partial charge is 0.450 e. The molecule has 5 heteroatoms. The van der Waals surface area contributed by atoms with Crippen molar-refractivity contribution in [2.45, 2.75) is 13.5 Å². The van der Waals surface area contributed by atoms with Crippen molar-refractivity contribution < 1.29 is 9.53 Å². The van der Waals surface area contributed by atoms with Crippen LogP contribution in [0.1, 0.15) is 12.5 Å². The lowest BCUT2D eigenvalue weighted by Gasteiger charge is -2.16. The summed E-state index contributed by atoms with van der Waals surface area (Å²) in [6, 6.07) is 5.18. The first-order valence-electron chi connectivity index (χ1n) is 4.85. The van der Waals surface area contributed by atoms with Crippen molar-refractivity contribution in [3.05, 3.63) is 33.8 Å². The number of amides is 1. The Labute approximate surface area is 105 Å². The van der Waals surface area contributed by atoms with E-state index < -0.39 is 0 Å². The summed E-state index contributed by atoms with van der Waals surface area (Å²) in [5, 5.41) is 1.11. The smallest absolute Gasteiger partial charge is 0.409 e. The number of rotatable bonds is 3. The molecule has 0 spiro atoms. The molecule has 0 atom stereocenters. The first kappa shape index (κ1) is 13.1. The predicted molar refractivity (Wildman–Crippen MR) is 65.0 cm³/mol. The van der Waals surface area contributed by atoms with Gasteiger partial charge in [0, 0.05) is 23.6 Å². The molecule has 0 saturated carbocycles. The molecule has 3 nitrogen and oxygen atoms in total. The monoisotopic (exact) mass is 261 g/mol. The summed E-state index contributed by atoms with van der Waals surface area (Å²) in [4.78, 5) is 12.8. The highest BCUT2D eigenvalue weighted by Gasteiger charge is 2.10. The topological polar surface area (TPSA) is 29.5 Å². The Hall–Kier alpha value is -0.930. The SMILES string of the molecule is CCOC(=O)N(C)Cc1cc(Cl)cc(Cl)c1. The van der Waals surface area contributed by atoms with Gasteiger partial charge >= 0.3 is 6.09 Å². The highest BCUT2D eigenvalue weighted by Crippen LogP contribution is 2.19. The number of ether oxygens (including phenoxy) is 1. The number of carbonyl (C=O) groups is 1.